The van der Waals surface area contributed by atoms with Crippen molar-refractivity contribution in [2.45, 2.75) is 38.8 Å². The summed E-state index contributed by atoms with van der Waals surface area (Å²) in [6.07, 6.45) is 0.360. The van der Waals surface area contributed by atoms with E-state index in [9.17, 15) is 14.0 Å². The fourth-order valence-corrected chi connectivity index (χ4v) is 3.54. The van der Waals surface area contributed by atoms with Crippen molar-refractivity contribution < 1.29 is 14.0 Å². The van der Waals surface area contributed by atoms with E-state index in [4.69, 9.17) is 0 Å². The molecule has 1 unspecified atom stereocenters. The summed E-state index contributed by atoms with van der Waals surface area (Å²) >= 11 is 0. The van der Waals surface area contributed by atoms with E-state index in [0.717, 1.165) is 5.69 Å². The fourth-order valence-electron chi connectivity index (χ4n) is 3.54. The molecule has 2 aliphatic heterocycles. The zero-order valence-electron chi connectivity index (χ0n) is 15.7. The van der Waals surface area contributed by atoms with E-state index in [1.54, 1.807) is 17.0 Å². The van der Waals surface area contributed by atoms with Gasteiger partial charge in [-0.3, -0.25) is 4.79 Å². The lowest BCUT2D eigenvalue weighted by molar-refractivity contribution is -0.131. The molecule has 142 valence electrons. The van der Waals surface area contributed by atoms with E-state index in [1.807, 2.05) is 25.7 Å². The van der Waals surface area contributed by atoms with Crippen molar-refractivity contribution in [2.75, 3.05) is 37.6 Å². The number of carbonyl (C=O) groups excluding carboxylic acids is 2. The van der Waals surface area contributed by atoms with Crippen molar-refractivity contribution in [3.05, 3.63) is 30.1 Å². The maximum absolute atomic E-state index is 13.0. The van der Waals surface area contributed by atoms with Crippen LogP contribution >= 0.6 is 0 Å². The van der Waals surface area contributed by atoms with Gasteiger partial charge in [0, 0.05) is 50.4 Å². The molecule has 1 aromatic carbocycles. The standard InChI is InChI=1S/C19H27FN4O2/c1-19(2,3)24-13-15(12-17(24)25)21-18(26)23-10-8-22(9-11-23)16-6-4-14(20)5-7-16/h4-7,15H,8-13H2,1-3H3,(H,21,26). The Morgan fingerprint density at radius 3 is 2.27 bits per heavy atom. The van der Waals surface area contributed by atoms with Crippen molar-refractivity contribution in [2.24, 2.45) is 0 Å². The summed E-state index contributed by atoms with van der Waals surface area (Å²) in [7, 11) is 0. The van der Waals surface area contributed by atoms with Crippen molar-refractivity contribution >= 4 is 17.6 Å². The monoisotopic (exact) mass is 362 g/mol. The SMILES string of the molecule is CC(C)(C)N1CC(NC(=O)N2CCN(c3ccc(F)cc3)CC2)CC1=O. The van der Waals surface area contributed by atoms with Crippen molar-refractivity contribution in [3.8, 4) is 0 Å². The van der Waals surface area contributed by atoms with Gasteiger partial charge in [0.1, 0.15) is 5.82 Å². The maximum Gasteiger partial charge on any atom is 0.317 e. The Labute approximate surface area is 153 Å². The summed E-state index contributed by atoms with van der Waals surface area (Å²) in [5.74, 6) is -0.161. The van der Waals surface area contributed by atoms with E-state index in [1.165, 1.54) is 12.1 Å². The predicted octanol–water partition coefficient (Wildman–Crippen LogP) is 2.06. The number of likely N-dealkylation sites (tertiary alicyclic amines) is 1. The van der Waals surface area contributed by atoms with Gasteiger partial charge in [-0.25, -0.2) is 9.18 Å². The number of urea groups is 1. The van der Waals surface area contributed by atoms with E-state index in [2.05, 4.69) is 10.2 Å². The average Bonchev–Trinajstić information content (AvgIpc) is 2.96. The first-order chi connectivity index (χ1) is 12.2. The van der Waals surface area contributed by atoms with E-state index >= 15 is 0 Å². The van der Waals surface area contributed by atoms with Crippen molar-refractivity contribution in [3.63, 3.8) is 0 Å². The van der Waals surface area contributed by atoms with Crippen LogP contribution < -0.4 is 10.2 Å². The van der Waals surface area contributed by atoms with Gasteiger partial charge in [0.15, 0.2) is 0 Å². The molecule has 0 aromatic heterocycles. The highest BCUT2D eigenvalue weighted by Gasteiger charge is 2.37. The number of rotatable bonds is 2. The molecule has 6 nitrogen and oxygen atoms in total. The first-order valence-electron chi connectivity index (χ1n) is 9.10. The van der Waals surface area contributed by atoms with Gasteiger partial charge in [-0.15, -0.1) is 0 Å². The minimum absolute atomic E-state index is 0.0870. The maximum atomic E-state index is 13.0. The molecule has 7 heteroatoms. The Hall–Kier alpha value is -2.31. The van der Waals surface area contributed by atoms with Crippen LogP contribution in [0.4, 0.5) is 14.9 Å². The van der Waals surface area contributed by atoms with E-state index in [0.29, 0.717) is 39.1 Å². The Bertz CT molecular complexity index is 663. The highest BCUT2D eigenvalue weighted by Crippen LogP contribution is 2.22. The molecule has 3 rings (SSSR count). The Morgan fingerprint density at radius 2 is 1.73 bits per heavy atom. The summed E-state index contributed by atoms with van der Waals surface area (Å²) in [5, 5.41) is 3.00. The van der Waals surface area contributed by atoms with Crippen molar-refractivity contribution in [1.29, 1.82) is 0 Å². The van der Waals surface area contributed by atoms with Gasteiger partial charge in [-0.05, 0) is 45.0 Å². The number of halogens is 1. The molecule has 2 aliphatic rings. The minimum Gasteiger partial charge on any atom is -0.368 e. The molecule has 2 heterocycles. The number of hydrogen-bond donors (Lipinski definition) is 1. The quantitative estimate of drug-likeness (QED) is 0.876. The summed E-state index contributed by atoms with van der Waals surface area (Å²) in [6.45, 7) is 9.19. The molecular weight excluding hydrogens is 335 g/mol. The number of nitrogens with zero attached hydrogens (tertiary/aromatic N) is 3. The van der Waals surface area contributed by atoms with Crippen LogP contribution in [-0.2, 0) is 4.79 Å². The molecule has 0 saturated carbocycles. The topological polar surface area (TPSA) is 55.9 Å². The molecule has 0 bridgehead atoms. The number of benzene rings is 1. The summed E-state index contributed by atoms with van der Waals surface area (Å²) in [4.78, 5) is 30.4. The molecule has 2 saturated heterocycles. The predicted molar refractivity (Wildman–Crippen MR) is 98.6 cm³/mol. The first kappa shape index (κ1) is 18.5. The highest BCUT2D eigenvalue weighted by molar-refractivity contribution is 5.82. The number of piperazine rings is 1. The highest BCUT2D eigenvalue weighted by atomic mass is 19.1. The third-order valence-corrected chi connectivity index (χ3v) is 5.02. The minimum atomic E-state index is -0.248. The number of nitrogens with one attached hydrogen (secondary N) is 1. The van der Waals surface area contributed by atoms with Crippen LogP contribution in [-0.4, -0.2) is 66.0 Å². The molecule has 0 spiro atoms. The molecule has 1 aromatic rings. The molecular formula is C19H27FN4O2. The third-order valence-electron chi connectivity index (χ3n) is 5.02. The van der Waals surface area contributed by atoms with Gasteiger partial charge in [-0.2, -0.15) is 0 Å². The van der Waals surface area contributed by atoms with Crippen LogP contribution in [0.2, 0.25) is 0 Å². The number of amides is 3. The summed E-state index contributed by atoms with van der Waals surface area (Å²) in [6, 6.07) is 6.17. The Morgan fingerprint density at radius 1 is 1.12 bits per heavy atom. The van der Waals surface area contributed by atoms with Crippen LogP contribution in [0.1, 0.15) is 27.2 Å². The summed E-state index contributed by atoms with van der Waals surface area (Å²) < 4.78 is 13.0. The molecule has 1 N–H and O–H groups in total. The molecule has 3 amide bonds. The lowest BCUT2D eigenvalue weighted by atomic mass is 10.1. The van der Waals surface area contributed by atoms with Crippen molar-refractivity contribution in [1.82, 2.24) is 15.1 Å². The molecule has 0 radical (unpaired) electrons. The second kappa shape index (κ2) is 7.13. The largest absolute Gasteiger partial charge is 0.368 e. The van der Waals surface area contributed by atoms with Gasteiger partial charge in [-0.1, -0.05) is 0 Å². The van der Waals surface area contributed by atoms with Gasteiger partial charge in [0.2, 0.25) is 5.91 Å². The van der Waals surface area contributed by atoms with Gasteiger partial charge < -0.3 is 20.0 Å². The van der Waals surface area contributed by atoms with Gasteiger partial charge >= 0.3 is 6.03 Å². The van der Waals surface area contributed by atoms with Crippen LogP contribution in [0.25, 0.3) is 0 Å². The molecule has 1 atom stereocenters. The smallest absolute Gasteiger partial charge is 0.317 e. The van der Waals surface area contributed by atoms with E-state index < -0.39 is 0 Å². The van der Waals surface area contributed by atoms with Gasteiger partial charge in [0.25, 0.3) is 0 Å². The van der Waals surface area contributed by atoms with Crippen LogP contribution in [0.15, 0.2) is 24.3 Å². The second-order valence-electron chi connectivity index (χ2n) is 7.98. The number of anilines is 1. The lowest BCUT2D eigenvalue weighted by Gasteiger charge is -2.36. The van der Waals surface area contributed by atoms with Crippen LogP contribution in [0.3, 0.4) is 0 Å². The van der Waals surface area contributed by atoms with E-state index in [-0.39, 0.29) is 29.3 Å². The van der Waals surface area contributed by atoms with Gasteiger partial charge in [0.05, 0.1) is 6.04 Å². The third kappa shape index (κ3) is 4.08. The normalized spacial score (nSPS) is 21.3. The molecule has 26 heavy (non-hydrogen) atoms. The average molecular weight is 362 g/mol. The zero-order valence-corrected chi connectivity index (χ0v) is 15.7. The first-order valence-corrected chi connectivity index (χ1v) is 9.10. The Kier molecular flexibility index (Phi) is 5.07. The fraction of sp³-hybridized carbons (Fsp3) is 0.579. The zero-order chi connectivity index (χ0) is 18.9. The second-order valence-corrected chi connectivity index (χ2v) is 7.98. The Balaban J connectivity index is 1.50. The lowest BCUT2D eigenvalue weighted by Crippen LogP contribution is -2.54. The van der Waals surface area contributed by atoms with Crippen LogP contribution in [0.5, 0.6) is 0 Å². The number of carbonyl (C=O) groups is 2. The summed E-state index contributed by atoms with van der Waals surface area (Å²) in [5.41, 5.74) is 0.742. The van der Waals surface area contributed by atoms with Crippen LogP contribution in [0, 0.1) is 5.82 Å². The molecule has 0 aliphatic carbocycles. The molecule has 2 fully saturated rings. The number of hydrogen-bond acceptors (Lipinski definition) is 3.